The van der Waals surface area contributed by atoms with Crippen LogP contribution in [0.2, 0.25) is 0 Å². The van der Waals surface area contributed by atoms with Gasteiger partial charge < -0.3 is 4.74 Å². The smallest absolute Gasteiger partial charge is 0.120 e. The van der Waals surface area contributed by atoms with Crippen LogP contribution in [0.4, 0.5) is 0 Å². The maximum Gasteiger partial charge on any atom is 0.120 e. The minimum absolute atomic E-state index is 0.689. The van der Waals surface area contributed by atoms with Gasteiger partial charge in [-0.3, -0.25) is 4.98 Å². The molecule has 0 amide bonds. The van der Waals surface area contributed by atoms with Crippen molar-refractivity contribution >= 4 is 10.9 Å². The van der Waals surface area contributed by atoms with Crippen LogP contribution < -0.4 is 4.74 Å². The predicted octanol–water partition coefficient (Wildman–Crippen LogP) is 4.16. The van der Waals surface area contributed by atoms with Crippen LogP contribution in [0.5, 0.6) is 5.75 Å². The Kier molecular flexibility index (Phi) is 3.64. The number of aryl methyl sites for hydroxylation is 1. The molecule has 0 unspecified atom stereocenters. The van der Waals surface area contributed by atoms with Crippen molar-refractivity contribution in [2.75, 3.05) is 6.61 Å². The van der Waals surface area contributed by atoms with E-state index in [1.165, 1.54) is 11.1 Å². The first-order valence-corrected chi connectivity index (χ1v) is 6.84. The second-order valence-corrected chi connectivity index (χ2v) is 4.94. The summed E-state index contributed by atoms with van der Waals surface area (Å²) in [6.45, 7) is 2.79. The van der Waals surface area contributed by atoms with Gasteiger partial charge in [-0.1, -0.05) is 35.9 Å². The van der Waals surface area contributed by atoms with Crippen LogP contribution in [-0.4, -0.2) is 11.6 Å². The van der Waals surface area contributed by atoms with Crippen molar-refractivity contribution in [3.05, 3.63) is 71.9 Å². The minimum atomic E-state index is 0.689. The summed E-state index contributed by atoms with van der Waals surface area (Å²) in [6, 6.07) is 18.6. The quantitative estimate of drug-likeness (QED) is 0.705. The summed E-state index contributed by atoms with van der Waals surface area (Å²) >= 11 is 0. The highest BCUT2D eigenvalue weighted by molar-refractivity contribution is 5.79. The van der Waals surface area contributed by atoms with Gasteiger partial charge in [-0.15, -0.1) is 0 Å². The first-order valence-electron chi connectivity index (χ1n) is 6.84. The SMILES string of the molecule is Cc1ccc(CCOc2ccc3ncccc3c2)cc1. The fraction of sp³-hybridized carbons (Fsp3) is 0.167. The summed E-state index contributed by atoms with van der Waals surface area (Å²) in [7, 11) is 0. The first-order chi connectivity index (χ1) is 9.81. The van der Waals surface area contributed by atoms with Gasteiger partial charge in [-0.2, -0.15) is 0 Å². The maximum atomic E-state index is 5.82. The van der Waals surface area contributed by atoms with Crippen molar-refractivity contribution in [1.29, 1.82) is 0 Å². The normalized spacial score (nSPS) is 10.7. The van der Waals surface area contributed by atoms with E-state index in [1.807, 2.05) is 24.3 Å². The zero-order valence-electron chi connectivity index (χ0n) is 11.5. The molecule has 0 spiro atoms. The second kappa shape index (κ2) is 5.74. The predicted molar refractivity (Wildman–Crippen MR) is 82.1 cm³/mol. The third-order valence-corrected chi connectivity index (χ3v) is 3.35. The van der Waals surface area contributed by atoms with Crippen molar-refractivity contribution in [3.63, 3.8) is 0 Å². The molecule has 0 saturated carbocycles. The average Bonchev–Trinajstić information content (AvgIpc) is 2.49. The molecule has 0 N–H and O–H groups in total. The van der Waals surface area contributed by atoms with E-state index in [0.29, 0.717) is 6.61 Å². The first kappa shape index (κ1) is 12.7. The fourth-order valence-electron chi connectivity index (χ4n) is 2.18. The van der Waals surface area contributed by atoms with Gasteiger partial charge in [0.15, 0.2) is 0 Å². The number of hydrogen-bond acceptors (Lipinski definition) is 2. The van der Waals surface area contributed by atoms with E-state index in [9.17, 15) is 0 Å². The molecule has 1 aromatic heterocycles. The third-order valence-electron chi connectivity index (χ3n) is 3.35. The molecule has 3 rings (SSSR count). The lowest BCUT2D eigenvalue weighted by Crippen LogP contribution is -2.01. The second-order valence-electron chi connectivity index (χ2n) is 4.94. The van der Waals surface area contributed by atoms with Gasteiger partial charge in [0.2, 0.25) is 0 Å². The van der Waals surface area contributed by atoms with Gasteiger partial charge in [-0.05, 0) is 36.8 Å². The molecule has 0 aliphatic rings. The van der Waals surface area contributed by atoms with Crippen LogP contribution in [0.25, 0.3) is 10.9 Å². The minimum Gasteiger partial charge on any atom is -0.493 e. The number of fused-ring (bicyclic) bond motifs is 1. The van der Waals surface area contributed by atoms with Crippen molar-refractivity contribution < 1.29 is 4.74 Å². The summed E-state index contributed by atoms with van der Waals surface area (Å²) in [5.41, 5.74) is 3.59. The summed E-state index contributed by atoms with van der Waals surface area (Å²) < 4.78 is 5.82. The van der Waals surface area contributed by atoms with Crippen LogP contribution in [-0.2, 0) is 6.42 Å². The highest BCUT2D eigenvalue weighted by Crippen LogP contribution is 2.19. The number of benzene rings is 2. The van der Waals surface area contributed by atoms with E-state index < -0.39 is 0 Å². The van der Waals surface area contributed by atoms with Crippen LogP contribution in [0.15, 0.2) is 60.8 Å². The number of nitrogens with zero attached hydrogens (tertiary/aromatic N) is 1. The molecule has 0 bridgehead atoms. The third kappa shape index (κ3) is 2.97. The Bertz CT molecular complexity index is 704. The molecule has 2 heteroatoms. The topological polar surface area (TPSA) is 22.1 Å². The molecule has 0 fully saturated rings. The zero-order chi connectivity index (χ0) is 13.8. The monoisotopic (exact) mass is 263 g/mol. The standard InChI is InChI=1S/C18H17NO/c1-14-4-6-15(7-5-14)10-12-20-17-8-9-18-16(13-17)3-2-11-19-18/h2-9,11,13H,10,12H2,1H3. The fourth-order valence-corrected chi connectivity index (χ4v) is 2.18. The number of rotatable bonds is 4. The number of ether oxygens (including phenoxy) is 1. The van der Waals surface area contributed by atoms with Crippen LogP contribution in [0, 0.1) is 6.92 Å². The van der Waals surface area contributed by atoms with E-state index in [4.69, 9.17) is 4.74 Å². The molecule has 0 radical (unpaired) electrons. The number of hydrogen-bond donors (Lipinski definition) is 0. The molecule has 0 atom stereocenters. The van der Waals surface area contributed by atoms with Gasteiger partial charge in [-0.25, -0.2) is 0 Å². The molecule has 2 nitrogen and oxygen atoms in total. The summed E-state index contributed by atoms with van der Waals surface area (Å²) in [6.07, 6.45) is 2.73. The van der Waals surface area contributed by atoms with E-state index in [2.05, 4.69) is 42.2 Å². The van der Waals surface area contributed by atoms with Gasteiger partial charge in [0.25, 0.3) is 0 Å². The zero-order valence-corrected chi connectivity index (χ0v) is 11.5. The van der Waals surface area contributed by atoms with Crippen molar-refractivity contribution in [2.24, 2.45) is 0 Å². The lowest BCUT2D eigenvalue weighted by Gasteiger charge is -2.07. The number of pyridine rings is 1. The lowest BCUT2D eigenvalue weighted by atomic mass is 10.1. The molecule has 20 heavy (non-hydrogen) atoms. The van der Waals surface area contributed by atoms with Crippen molar-refractivity contribution in [3.8, 4) is 5.75 Å². The largest absolute Gasteiger partial charge is 0.493 e. The van der Waals surface area contributed by atoms with Gasteiger partial charge in [0.05, 0.1) is 12.1 Å². The molecule has 100 valence electrons. The Hall–Kier alpha value is -2.35. The molecule has 2 aromatic carbocycles. The van der Waals surface area contributed by atoms with E-state index in [0.717, 1.165) is 23.1 Å². The highest BCUT2D eigenvalue weighted by Gasteiger charge is 1.99. The molecular weight excluding hydrogens is 246 g/mol. The maximum absolute atomic E-state index is 5.82. The van der Waals surface area contributed by atoms with Crippen molar-refractivity contribution in [1.82, 2.24) is 4.98 Å². The van der Waals surface area contributed by atoms with Crippen molar-refractivity contribution in [2.45, 2.75) is 13.3 Å². The molecule has 1 heterocycles. The summed E-state index contributed by atoms with van der Waals surface area (Å²) in [5, 5.41) is 1.11. The van der Waals surface area contributed by atoms with Gasteiger partial charge in [0, 0.05) is 18.0 Å². The Balaban J connectivity index is 1.63. The number of aromatic nitrogens is 1. The van der Waals surface area contributed by atoms with E-state index in [1.54, 1.807) is 6.20 Å². The molecule has 0 aliphatic carbocycles. The summed E-state index contributed by atoms with van der Waals surface area (Å²) in [4.78, 5) is 4.30. The van der Waals surface area contributed by atoms with Crippen LogP contribution in [0.3, 0.4) is 0 Å². The van der Waals surface area contributed by atoms with Gasteiger partial charge >= 0.3 is 0 Å². The Morgan fingerprint density at radius 1 is 1.00 bits per heavy atom. The van der Waals surface area contributed by atoms with Gasteiger partial charge in [0.1, 0.15) is 5.75 Å². The summed E-state index contributed by atoms with van der Waals surface area (Å²) in [5.74, 6) is 0.901. The Morgan fingerprint density at radius 2 is 1.85 bits per heavy atom. The van der Waals surface area contributed by atoms with E-state index >= 15 is 0 Å². The molecular formula is C18H17NO. The van der Waals surface area contributed by atoms with E-state index in [-0.39, 0.29) is 0 Å². The Labute approximate surface area is 119 Å². The molecule has 0 saturated heterocycles. The average molecular weight is 263 g/mol. The molecule has 0 aliphatic heterocycles. The lowest BCUT2D eigenvalue weighted by molar-refractivity contribution is 0.322. The molecule has 3 aromatic rings. The Morgan fingerprint density at radius 3 is 2.70 bits per heavy atom. The highest BCUT2D eigenvalue weighted by atomic mass is 16.5. The van der Waals surface area contributed by atoms with Crippen LogP contribution >= 0.6 is 0 Å². The van der Waals surface area contributed by atoms with Crippen LogP contribution in [0.1, 0.15) is 11.1 Å².